The largest absolute Gasteiger partial charge is 0.492 e. The zero-order chi connectivity index (χ0) is 16.2. The molecule has 0 N–H and O–H groups in total. The Morgan fingerprint density at radius 2 is 1.74 bits per heavy atom. The van der Waals surface area contributed by atoms with Crippen LogP contribution in [0.3, 0.4) is 0 Å². The molecule has 0 saturated carbocycles. The van der Waals surface area contributed by atoms with Crippen LogP contribution < -0.4 is 10.2 Å². The number of ether oxygens (including phenoxy) is 1. The topological polar surface area (TPSA) is 29.5 Å². The van der Waals surface area contributed by atoms with Gasteiger partial charge in [-0.15, -0.1) is 11.3 Å². The molecule has 120 valence electrons. The van der Waals surface area contributed by atoms with Crippen LogP contribution in [0.1, 0.15) is 13.8 Å². The van der Waals surface area contributed by atoms with Crippen LogP contribution in [0.5, 0.6) is 5.75 Å². The van der Waals surface area contributed by atoms with Gasteiger partial charge in [0, 0.05) is 26.7 Å². The van der Waals surface area contributed by atoms with Gasteiger partial charge in [0.2, 0.25) is 0 Å². The molecule has 23 heavy (non-hydrogen) atoms. The van der Waals surface area contributed by atoms with Gasteiger partial charge in [0.15, 0.2) is 5.43 Å². The lowest BCUT2D eigenvalue weighted by Crippen LogP contribution is -2.27. The lowest BCUT2D eigenvalue weighted by atomic mass is 10.2. The monoisotopic (exact) mass is 327 g/mol. The lowest BCUT2D eigenvalue weighted by molar-refractivity contribution is 0.223. The summed E-state index contributed by atoms with van der Waals surface area (Å²) in [6.07, 6.45) is 0. The van der Waals surface area contributed by atoms with Crippen LogP contribution in [0, 0.1) is 0 Å². The summed E-state index contributed by atoms with van der Waals surface area (Å²) in [5.41, 5.74) is 0.101. The molecule has 1 heterocycles. The van der Waals surface area contributed by atoms with Crippen LogP contribution in [0.4, 0.5) is 0 Å². The maximum absolute atomic E-state index is 12.5. The second kappa shape index (κ2) is 7.11. The average Bonchev–Trinajstić information content (AvgIpc) is 2.59. The van der Waals surface area contributed by atoms with Crippen molar-refractivity contribution < 1.29 is 4.74 Å². The molecule has 0 saturated heterocycles. The Kier molecular flexibility index (Phi) is 4.94. The first-order valence-corrected chi connectivity index (χ1v) is 8.85. The Morgan fingerprint density at radius 1 is 1.00 bits per heavy atom. The highest BCUT2D eigenvalue weighted by Crippen LogP contribution is 2.27. The van der Waals surface area contributed by atoms with E-state index < -0.39 is 0 Å². The average molecular weight is 327 g/mol. The summed E-state index contributed by atoms with van der Waals surface area (Å²) in [5, 5.41) is 1.56. The van der Waals surface area contributed by atoms with Crippen LogP contribution in [0.2, 0.25) is 0 Å². The van der Waals surface area contributed by atoms with Gasteiger partial charge >= 0.3 is 0 Å². The number of fused-ring (bicyclic) bond motifs is 2. The Bertz CT molecular complexity index is 868. The van der Waals surface area contributed by atoms with Gasteiger partial charge in [0.1, 0.15) is 12.4 Å². The van der Waals surface area contributed by atoms with Crippen molar-refractivity contribution in [2.45, 2.75) is 13.8 Å². The Balaban J connectivity index is 1.87. The van der Waals surface area contributed by atoms with Gasteiger partial charge in [-0.2, -0.15) is 0 Å². The van der Waals surface area contributed by atoms with Crippen molar-refractivity contribution in [2.75, 3.05) is 26.2 Å². The molecule has 0 aliphatic rings. The molecule has 0 spiro atoms. The van der Waals surface area contributed by atoms with Crippen LogP contribution in [-0.2, 0) is 0 Å². The first-order valence-electron chi connectivity index (χ1n) is 8.03. The fraction of sp³-hybridized carbons (Fsp3) is 0.316. The molecule has 0 fully saturated rings. The first-order chi connectivity index (χ1) is 11.2. The van der Waals surface area contributed by atoms with Crippen LogP contribution in [-0.4, -0.2) is 31.1 Å². The van der Waals surface area contributed by atoms with Crippen LogP contribution >= 0.6 is 11.3 Å². The summed E-state index contributed by atoms with van der Waals surface area (Å²) in [6.45, 7) is 7.95. The molecule has 0 aliphatic carbocycles. The fourth-order valence-corrected chi connectivity index (χ4v) is 3.80. The molecule has 3 rings (SSSR count). The highest BCUT2D eigenvalue weighted by Gasteiger charge is 2.07. The number of benzene rings is 2. The molecular formula is C19H21NO2S. The predicted octanol–water partition coefficient (Wildman–Crippen LogP) is 4.14. The molecule has 1 aromatic heterocycles. The minimum Gasteiger partial charge on any atom is -0.492 e. The van der Waals surface area contributed by atoms with E-state index in [0.717, 1.165) is 45.6 Å². The van der Waals surface area contributed by atoms with Gasteiger partial charge in [-0.05, 0) is 43.4 Å². The molecule has 3 aromatic rings. The number of rotatable bonds is 6. The molecule has 0 unspecified atom stereocenters. The molecule has 0 amide bonds. The van der Waals surface area contributed by atoms with Gasteiger partial charge in [0.25, 0.3) is 0 Å². The van der Waals surface area contributed by atoms with Crippen molar-refractivity contribution in [3.63, 3.8) is 0 Å². The molecule has 3 nitrogen and oxygen atoms in total. The SMILES string of the molecule is CCN(CC)CCOc1ccc2c(=O)c3ccccc3sc2c1. The van der Waals surface area contributed by atoms with E-state index in [9.17, 15) is 4.79 Å². The standard InChI is InChI=1S/C19H21NO2S/c1-3-20(4-2)11-12-22-14-9-10-16-18(13-14)23-17-8-6-5-7-15(17)19(16)21/h5-10,13H,3-4,11-12H2,1-2H3. The zero-order valence-corrected chi connectivity index (χ0v) is 14.4. The van der Waals surface area contributed by atoms with Crippen molar-refractivity contribution in [3.8, 4) is 5.75 Å². The first kappa shape index (κ1) is 16.0. The highest BCUT2D eigenvalue weighted by atomic mass is 32.1. The summed E-state index contributed by atoms with van der Waals surface area (Å²) < 4.78 is 7.86. The number of hydrogen-bond donors (Lipinski definition) is 0. The molecule has 2 aromatic carbocycles. The summed E-state index contributed by atoms with van der Waals surface area (Å²) >= 11 is 1.64. The van der Waals surface area contributed by atoms with Crippen LogP contribution in [0.15, 0.2) is 47.3 Å². The third-order valence-electron chi connectivity index (χ3n) is 4.12. The molecule has 0 radical (unpaired) electrons. The molecule has 0 bridgehead atoms. The van der Waals surface area contributed by atoms with E-state index >= 15 is 0 Å². The molecular weight excluding hydrogens is 306 g/mol. The van der Waals surface area contributed by atoms with E-state index in [1.807, 2.05) is 42.5 Å². The summed E-state index contributed by atoms with van der Waals surface area (Å²) in [7, 11) is 0. The van der Waals surface area contributed by atoms with E-state index in [0.29, 0.717) is 6.61 Å². The number of hydrogen-bond acceptors (Lipinski definition) is 4. The van der Waals surface area contributed by atoms with Gasteiger partial charge < -0.3 is 9.64 Å². The van der Waals surface area contributed by atoms with Gasteiger partial charge in [-0.25, -0.2) is 0 Å². The fourth-order valence-electron chi connectivity index (χ4n) is 2.70. The normalized spacial score (nSPS) is 11.4. The molecule has 4 heteroatoms. The minimum atomic E-state index is 0.101. The van der Waals surface area contributed by atoms with Crippen LogP contribution in [0.25, 0.3) is 20.2 Å². The summed E-state index contributed by atoms with van der Waals surface area (Å²) in [5.74, 6) is 0.829. The van der Waals surface area contributed by atoms with E-state index in [1.165, 1.54) is 0 Å². The Morgan fingerprint density at radius 3 is 2.52 bits per heavy atom. The smallest absolute Gasteiger partial charge is 0.195 e. The quantitative estimate of drug-likeness (QED) is 0.637. The van der Waals surface area contributed by atoms with Crippen molar-refractivity contribution in [3.05, 3.63) is 52.7 Å². The van der Waals surface area contributed by atoms with Crippen molar-refractivity contribution >= 4 is 31.5 Å². The van der Waals surface area contributed by atoms with Gasteiger partial charge in [-0.3, -0.25) is 4.79 Å². The maximum Gasteiger partial charge on any atom is 0.195 e. The molecule has 0 aliphatic heterocycles. The second-order valence-corrected chi connectivity index (χ2v) is 6.54. The number of likely N-dealkylation sites (N-methyl/N-ethyl adjacent to an activating group) is 1. The third-order valence-corrected chi connectivity index (χ3v) is 5.25. The number of nitrogens with zero attached hydrogens (tertiary/aromatic N) is 1. The Labute approximate surface area is 140 Å². The van der Waals surface area contributed by atoms with E-state index in [2.05, 4.69) is 18.7 Å². The van der Waals surface area contributed by atoms with Gasteiger partial charge in [0.05, 0.1) is 0 Å². The Hall–Kier alpha value is -1.91. The summed E-state index contributed by atoms with van der Waals surface area (Å²) in [4.78, 5) is 14.9. The van der Waals surface area contributed by atoms with E-state index in [1.54, 1.807) is 11.3 Å². The van der Waals surface area contributed by atoms with Crippen molar-refractivity contribution in [1.82, 2.24) is 4.90 Å². The molecule has 0 atom stereocenters. The zero-order valence-electron chi connectivity index (χ0n) is 13.5. The van der Waals surface area contributed by atoms with Crippen molar-refractivity contribution in [1.29, 1.82) is 0 Å². The maximum atomic E-state index is 12.5. The highest BCUT2D eigenvalue weighted by molar-refractivity contribution is 7.24. The van der Waals surface area contributed by atoms with Crippen molar-refractivity contribution in [2.24, 2.45) is 0 Å². The lowest BCUT2D eigenvalue weighted by Gasteiger charge is -2.18. The summed E-state index contributed by atoms with van der Waals surface area (Å²) in [6, 6.07) is 13.5. The minimum absolute atomic E-state index is 0.101. The second-order valence-electron chi connectivity index (χ2n) is 5.46. The third kappa shape index (κ3) is 3.38. The predicted molar refractivity (Wildman–Crippen MR) is 98.9 cm³/mol. The van der Waals surface area contributed by atoms with E-state index in [-0.39, 0.29) is 5.43 Å². The van der Waals surface area contributed by atoms with Gasteiger partial charge in [-0.1, -0.05) is 26.0 Å². The van der Waals surface area contributed by atoms with E-state index in [4.69, 9.17) is 4.74 Å².